The van der Waals surface area contributed by atoms with Crippen LogP contribution >= 0.6 is 0 Å². The van der Waals surface area contributed by atoms with Gasteiger partial charge in [0.1, 0.15) is 12.5 Å². The average Bonchev–Trinajstić information content (AvgIpc) is 2.70. The minimum absolute atomic E-state index is 0.00617. The summed E-state index contributed by atoms with van der Waals surface area (Å²) in [6.07, 6.45) is 0.458. The largest absolute Gasteiger partial charge is 0.356 e. The summed E-state index contributed by atoms with van der Waals surface area (Å²) >= 11 is 0. The van der Waals surface area contributed by atoms with Crippen LogP contribution in [0.4, 0.5) is 4.39 Å². The second-order valence-corrected chi connectivity index (χ2v) is 7.36. The van der Waals surface area contributed by atoms with Crippen LogP contribution in [0.1, 0.15) is 42.1 Å². The van der Waals surface area contributed by atoms with Crippen LogP contribution in [0.2, 0.25) is 0 Å². The number of benzene rings is 2. The normalized spacial score (nSPS) is 11.2. The molecule has 0 aliphatic carbocycles. The predicted molar refractivity (Wildman–Crippen MR) is 110 cm³/mol. The molecule has 0 amide bonds. The zero-order valence-corrected chi connectivity index (χ0v) is 16.9. The summed E-state index contributed by atoms with van der Waals surface area (Å²) in [5.41, 5.74) is 2.40. The number of ether oxygens (including phenoxy) is 1. The van der Waals surface area contributed by atoms with E-state index in [9.17, 15) is 14.0 Å². The molecule has 0 atom stereocenters. The Hall–Kier alpha value is -2.99. The molecule has 3 rings (SSSR count). The van der Waals surface area contributed by atoms with Gasteiger partial charge in [-0.3, -0.25) is 13.9 Å². The molecule has 0 saturated heterocycles. The highest BCUT2D eigenvalue weighted by atomic mass is 19.1. The first-order chi connectivity index (χ1) is 13.9. The number of aromatic nitrogens is 2. The molecule has 6 heteroatoms. The van der Waals surface area contributed by atoms with E-state index < -0.39 is 5.69 Å². The van der Waals surface area contributed by atoms with Crippen LogP contribution in [-0.4, -0.2) is 9.13 Å². The van der Waals surface area contributed by atoms with Gasteiger partial charge in [-0.1, -0.05) is 56.3 Å². The molecule has 0 fully saturated rings. The standard InChI is InChI=1S/C23H25FN2O3/c1-16(2)21-20(13-17-7-5-4-6-8-17)26(23(28)25(3)22(21)27)15-29-14-18-9-11-19(24)12-10-18/h4-12,16H,13-15H2,1-3H3. The smallest absolute Gasteiger partial charge is 0.332 e. The molecule has 29 heavy (non-hydrogen) atoms. The third-order valence-electron chi connectivity index (χ3n) is 4.88. The predicted octanol–water partition coefficient (Wildman–Crippen LogP) is 3.57. The van der Waals surface area contributed by atoms with Crippen LogP contribution in [0, 0.1) is 5.82 Å². The second kappa shape index (κ2) is 9.01. The first-order valence-electron chi connectivity index (χ1n) is 9.57. The van der Waals surface area contributed by atoms with Gasteiger partial charge in [0, 0.05) is 24.7 Å². The number of nitrogens with zero attached hydrogens (tertiary/aromatic N) is 2. The lowest BCUT2D eigenvalue weighted by molar-refractivity contribution is 0.0579. The number of rotatable bonds is 7. The van der Waals surface area contributed by atoms with Crippen LogP contribution in [0.5, 0.6) is 0 Å². The van der Waals surface area contributed by atoms with Crippen molar-refractivity contribution < 1.29 is 9.13 Å². The Labute approximate surface area is 169 Å². The fourth-order valence-electron chi connectivity index (χ4n) is 3.36. The maximum atomic E-state index is 13.1. The molecule has 0 saturated carbocycles. The van der Waals surface area contributed by atoms with Crippen molar-refractivity contribution in [3.8, 4) is 0 Å². The minimum atomic E-state index is -0.413. The monoisotopic (exact) mass is 396 g/mol. The van der Waals surface area contributed by atoms with E-state index in [0.717, 1.165) is 15.7 Å². The van der Waals surface area contributed by atoms with Crippen LogP contribution in [-0.2, 0) is 31.5 Å². The van der Waals surface area contributed by atoms with Crippen LogP contribution in [0.25, 0.3) is 0 Å². The number of hydrogen-bond acceptors (Lipinski definition) is 3. The van der Waals surface area contributed by atoms with Crippen molar-refractivity contribution in [1.29, 1.82) is 0 Å². The van der Waals surface area contributed by atoms with Gasteiger partial charge in [0.15, 0.2) is 0 Å². The van der Waals surface area contributed by atoms with E-state index in [1.807, 2.05) is 44.2 Å². The zero-order chi connectivity index (χ0) is 21.0. The summed E-state index contributed by atoms with van der Waals surface area (Å²) in [6, 6.07) is 15.7. The van der Waals surface area contributed by atoms with Crippen molar-refractivity contribution in [2.45, 2.75) is 39.5 Å². The Bertz CT molecular complexity index is 1080. The van der Waals surface area contributed by atoms with Crippen molar-refractivity contribution in [2.75, 3.05) is 0 Å². The third kappa shape index (κ3) is 4.71. The highest BCUT2D eigenvalue weighted by Crippen LogP contribution is 2.18. The Balaban J connectivity index is 1.98. The van der Waals surface area contributed by atoms with Crippen molar-refractivity contribution in [1.82, 2.24) is 9.13 Å². The Kier molecular flexibility index (Phi) is 6.44. The van der Waals surface area contributed by atoms with Crippen molar-refractivity contribution >= 4 is 0 Å². The summed E-state index contributed by atoms with van der Waals surface area (Å²) in [7, 11) is 1.49. The fraction of sp³-hybridized carbons (Fsp3) is 0.304. The molecule has 0 aliphatic heterocycles. The van der Waals surface area contributed by atoms with Gasteiger partial charge < -0.3 is 4.74 Å². The zero-order valence-electron chi connectivity index (χ0n) is 16.9. The molecular weight excluding hydrogens is 371 g/mol. The summed E-state index contributed by atoms with van der Waals surface area (Å²) in [6.45, 7) is 4.13. The molecule has 0 spiro atoms. The van der Waals surface area contributed by atoms with E-state index in [0.29, 0.717) is 17.7 Å². The number of halogens is 1. The lowest BCUT2D eigenvalue weighted by Crippen LogP contribution is -2.43. The van der Waals surface area contributed by atoms with Crippen LogP contribution < -0.4 is 11.2 Å². The molecule has 0 radical (unpaired) electrons. The molecule has 5 nitrogen and oxygen atoms in total. The summed E-state index contributed by atoms with van der Waals surface area (Å²) in [5.74, 6) is -0.355. The molecule has 0 unspecified atom stereocenters. The van der Waals surface area contributed by atoms with E-state index in [-0.39, 0.29) is 30.6 Å². The SMILES string of the molecule is CC(C)c1c(Cc2ccccc2)n(COCc2ccc(F)cc2)c(=O)n(C)c1=O. The minimum Gasteiger partial charge on any atom is -0.356 e. The molecule has 1 aromatic heterocycles. The van der Waals surface area contributed by atoms with Gasteiger partial charge in [0.25, 0.3) is 5.56 Å². The van der Waals surface area contributed by atoms with Crippen molar-refractivity contribution in [3.05, 3.63) is 104 Å². The van der Waals surface area contributed by atoms with E-state index in [2.05, 4.69) is 0 Å². The molecule has 1 heterocycles. The lowest BCUT2D eigenvalue weighted by atomic mass is 9.98. The Morgan fingerprint density at radius 3 is 2.24 bits per heavy atom. The van der Waals surface area contributed by atoms with Gasteiger partial charge in [-0.25, -0.2) is 9.18 Å². The summed E-state index contributed by atoms with van der Waals surface area (Å²) in [4.78, 5) is 25.7. The Morgan fingerprint density at radius 2 is 1.62 bits per heavy atom. The fourth-order valence-corrected chi connectivity index (χ4v) is 3.36. The van der Waals surface area contributed by atoms with Crippen molar-refractivity contribution in [3.63, 3.8) is 0 Å². The van der Waals surface area contributed by atoms with Gasteiger partial charge in [-0.05, 0) is 29.2 Å². The molecule has 152 valence electrons. The van der Waals surface area contributed by atoms with E-state index in [1.165, 1.54) is 23.7 Å². The first-order valence-corrected chi connectivity index (χ1v) is 9.57. The second-order valence-electron chi connectivity index (χ2n) is 7.36. The summed E-state index contributed by atoms with van der Waals surface area (Å²) < 4.78 is 21.5. The average molecular weight is 396 g/mol. The van der Waals surface area contributed by atoms with Gasteiger partial charge in [0.05, 0.1) is 6.61 Å². The maximum Gasteiger partial charge on any atom is 0.332 e. The van der Waals surface area contributed by atoms with Gasteiger partial charge in [-0.15, -0.1) is 0 Å². The van der Waals surface area contributed by atoms with Crippen molar-refractivity contribution in [2.24, 2.45) is 7.05 Å². The van der Waals surface area contributed by atoms with E-state index in [1.54, 1.807) is 12.1 Å². The van der Waals surface area contributed by atoms with Crippen LogP contribution in [0.15, 0.2) is 64.2 Å². The first kappa shape index (κ1) is 20.7. The Morgan fingerprint density at radius 1 is 0.966 bits per heavy atom. The topological polar surface area (TPSA) is 53.2 Å². The molecule has 0 N–H and O–H groups in total. The molecule has 3 aromatic rings. The molecule has 0 bridgehead atoms. The van der Waals surface area contributed by atoms with Gasteiger partial charge in [-0.2, -0.15) is 0 Å². The third-order valence-corrected chi connectivity index (χ3v) is 4.88. The summed E-state index contributed by atoms with van der Waals surface area (Å²) in [5, 5.41) is 0. The van der Waals surface area contributed by atoms with Gasteiger partial charge >= 0.3 is 5.69 Å². The van der Waals surface area contributed by atoms with E-state index in [4.69, 9.17) is 4.74 Å². The quantitative estimate of drug-likeness (QED) is 0.613. The van der Waals surface area contributed by atoms with Crippen LogP contribution in [0.3, 0.4) is 0 Å². The molecule has 2 aromatic carbocycles. The van der Waals surface area contributed by atoms with Gasteiger partial charge in [0.2, 0.25) is 0 Å². The highest BCUT2D eigenvalue weighted by Gasteiger charge is 2.20. The molecule has 0 aliphatic rings. The lowest BCUT2D eigenvalue weighted by Gasteiger charge is -2.20. The van der Waals surface area contributed by atoms with E-state index >= 15 is 0 Å². The highest BCUT2D eigenvalue weighted by molar-refractivity contribution is 5.29. The maximum absolute atomic E-state index is 13.1. The molecular formula is C23H25FN2O3. The number of hydrogen-bond donors (Lipinski definition) is 0.